The molecule has 1 N–H and O–H groups in total. The van der Waals surface area contributed by atoms with Crippen LogP contribution in [0.15, 0.2) is 42.5 Å². The highest BCUT2D eigenvalue weighted by Gasteiger charge is 2.21. The van der Waals surface area contributed by atoms with E-state index in [-0.39, 0.29) is 12.5 Å². The van der Waals surface area contributed by atoms with Crippen LogP contribution in [0.2, 0.25) is 5.02 Å². The third-order valence-electron chi connectivity index (χ3n) is 4.15. The van der Waals surface area contributed by atoms with Crippen LogP contribution in [-0.2, 0) is 20.6 Å². The first-order valence-electron chi connectivity index (χ1n) is 9.30. The molecule has 2 aromatic carbocycles. The standard InChI is InChI=1S/C21H27ClN2O3S2/c1-16-11-17(2)13-20(12-16)24(29(3,26)27)14-21(25)23-9-4-10-28-15-18-5-7-19(22)8-6-18/h5-8,11-13H,4,9-10,14-15H2,1-3H3,(H,23,25). The van der Waals surface area contributed by atoms with Crippen molar-refractivity contribution in [2.24, 2.45) is 0 Å². The van der Waals surface area contributed by atoms with E-state index < -0.39 is 10.0 Å². The second-order valence-electron chi connectivity index (χ2n) is 7.00. The van der Waals surface area contributed by atoms with Crippen molar-refractivity contribution in [2.45, 2.75) is 26.0 Å². The van der Waals surface area contributed by atoms with Crippen molar-refractivity contribution >= 4 is 45.0 Å². The second-order valence-corrected chi connectivity index (χ2v) is 10.4. The molecule has 0 aliphatic rings. The quantitative estimate of drug-likeness (QED) is 0.547. The number of carbonyl (C=O) groups is 1. The molecule has 2 aromatic rings. The van der Waals surface area contributed by atoms with Gasteiger partial charge in [-0.1, -0.05) is 29.8 Å². The number of rotatable bonds is 10. The van der Waals surface area contributed by atoms with E-state index >= 15 is 0 Å². The van der Waals surface area contributed by atoms with E-state index in [0.717, 1.165) is 44.6 Å². The summed E-state index contributed by atoms with van der Waals surface area (Å²) < 4.78 is 25.5. The fraction of sp³-hybridized carbons (Fsp3) is 0.381. The van der Waals surface area contributed by atoms with Gasteiger partial charge in [0.1, 0.15) is 6.54 Å². The smallest absolute Gasteiger partial charge is 0.240 e. The molecule has 0 aliphatic heterocycles. The summed E-state index contributed by atoms with van der Waals surface area (Å²) in [5.74, 6) is 1.48. The third kappa shape index (κ3) is 8.28. The summed E-state index contributed by atoms with van der Waals surface area (Å²) in [6.07, 6.45) is 1.93. The maximum Gasteiger partial charge on any atom is 0.240 e. The number of hydrogen-bond acceptors (Lipinski definition) is 4. The number of thioether (sulfide) groups is 1. The molecule has 5 nitrogen and oxygen atoms in total. The lowest BCUT2D eigenvalue weighted by Crippen LogP contribution is -2.40. The van der Waals surface area contributed by atoms with E-state index in [1.807, 2.05) is 44.2 Å². The molecular formula is C21H27ClN2O3S2. The first kappa shape index (κ1) is 23.6. The molecule has 0 aliphatic carbocycles. The zero-order valence-corrected chi connectivity index (χ0v) is 19.3. The number of nitrogens with one attached hydrogen (secondary N) is 1. The van der Waals surface area contributed by atoms with Crippen LogP contribution in [0.1, 0.15) is 23.1 Å². The average molecular weight is 455 g/mol. The summed E-state index contributed by atoms with van der Waals surface area (Å²) in [5.41, 5.74) is 3.62. The van der Waals surface area contributed by atoms with Crippen LogP contribution in [0, 0.1) is 13.8 Å². The summed E-state index contributed by atoms with van der Waals surface area (Å²) >= 11 is 7.66. The molecule has 0 saturated heterocycles. The minimum Gasteiger partial charge on any atom is -0.354 e. The monoisotopic (exact) mass is 454 g/mol. The van der Waals surface area contributed by atoms with Crippen molar-refractivity contribution in [3.8, 4) is 0 Å². The molecule has 0 unspecified atom stereocenters. The number of anilines is 1. The van der Waals surface area contributed by atoms with Gasteiger partial charge in [0.05, 0.1) is 11.9 Å². The Bertz CT molecular complexity index is 911. The van der Waals surface area contributed by atoms with Gasteiger partial charge in [0.2, 0.25) is 15.9 Å². The molecule has 0 atom stereocenters. The Morgan fingerprint density at radius 3 is 2.31 bits per heavy atom. The molecule has 0 heterocycles. The van der Waals surface area contributed by atoms with Crippen LogP contribution in [-0.4, -0.2) is 39.4 Å². The number of amides is 1. The van der Waals surface area contributed by atoms with Crippen molar-refractivity contribution < 1.29 is 13.2 Å². The highest BCUT2D eigenvalue weighted by atomic mass is 35.5. The Morgan fingerprint density at radius 1 is 1.10 bits per heavy atom. The number of nitrogens with zero attached hydrogens (tertiary/aromatic N) is 1. The van der Waals surface area contributed by atoms with Crippen molar-refractivity contribution in [1.82, 2.24) is 5.32 Å². The van der Waals surface area contributed by atoms with E-state index in [4.69, 9.17) is 11.6 Å². The predicted molar refractivity (Wildman–Crippen MR) is 123 cm³/mol. The van der Waals surface area contributed by atoms with Gasteiger partial charge in [-0.2, -0.15) is 11.8 Å². The number of hydrogen-bond donors (Lipinski definition) is 1. The average Bonchev–Trinajstić information content (AvgIpc) is 2.62. The van der Waals surface area contributed by atoms with Gasteiger partial charge in [0.15, 0.2) is 0 Å². The van der Waals surface area contributed by atoms with Gasteiger partial charge >= 0.3 is 0 Å². The van der Waals surface area contributed by atoms with E-state index in [0.29, 0.717) is 12.2 Å². The predicted octanol–water partition coefficient (Wildman–Crippen LogP) is 4.16. The zero-order valence-electron chi connectivity index (χ0n) is 16.9. The molecule has 0 saturated carbocycles. The largest absolute Gasteiger partial charge is 0.354 e. The molecular weight excluding hydrogens is 428 g/mol. The highest BCUT2D eigenvalue weighted by molar-refractivity contribution is 7.98. The van der Waals surface area contributed by atoms with Crippen molar-refractivity contribution in [3.05, 3.63) is 64.2 Å². The van der Waals surface area contributed by atoms with Crippen LogP contribution in [0.4, 0.5) is 5.69 Å². The van der Waals surface area contributed by atoms with Crippen LogP contribution < -0.4 is 9.62 Å². The van der Waals surface area contributed by atoms with Crippen molar-refractivity contribution in [2.75, 3.05) is 29.4 Å². The Labute approximate surface area is 182 Å². The molecule has 0 aromatic heterocycles. The SMILES string of the molecule is Cc1cc(C)cc(N(CC(=O)NCCCSCc2ccc(Cl)cc2)S(C)(=O)=O)c1. The van der Waals surface area contributed by atoms with Gasteiger partial charge in [0.25, 0.3) is 0 Å². The van der Waals surface area contributed by atoms with Gasteiger partial charge in [-0.05, 0) is 67.0 Å². The molecule has 0 spiro atoms. The highest BCUT2D eigenvalue weighted by Crippen LogP contribution is 2.21. The van der Waals surface area contributed by atoms with Gasteiger partial charge in [0, 0.05) is 17.3 Å². The zero-order chi connectivity index (χ0) is 21.4. The molecule has 2 rings (SSSR count). The molecule has 158 valence electrons. The van der Waals surface area contributed by atoms with Crippen LogP contribution >= 0.6 is 23.4 Å². The molecule has 0 bridgehead atoms. The lowest BCUT2D eigenvalue weighted by Gasteiger charge is -2.22. The Balaban J connectivity index is 1.79. The van der Waals surface area contributed by atoms with E-state index in [1.165, 1.54) is 5.56 Å². The number of carbonyl (C=O) groups excluding carboxylic acids is 1. The first-order valence-corrected chi connectivity index (χ1v) is 12.7. The fourth-order valence-electron chi connectivity index (χ4n) is 2.85. The van der Waals surface area contributed by atoms with Crippen molar-refractivity contribution in [3.63, 3.8) is 0 Å². The van der Waals surface area contributed by atoms with E-state index in [9.17, 15) is 13.2 Å². The number of halogens is 1. The number of aryl methyl sites for hydroxylation is 2. The first-order chi connectivity index (χ1) is 13.6. The maximum absolute atomic E-state index is 12.3. The lowest BCUT2D eigenvalue weighted by atomic mass is 10.1. The van der Waals surface area contributed by atoms with Gasteiger partial charge in [-0.15, -0.1) is 0 Å². The van der Waals surface area contributed by atoms with Gasteiger partial charge in [-0.25, -0.2) is 8.42 Å². The normalized spacial score (nSPS) is 11.3. The molecule has 8 heteroatoms. The minimum atomic E-state index is -3.56. The minimum absolute atomic E-state index is 0.223. The summed E-state index contributed by atoms with van der Waals surface area (Å²) in [4.78, 5) is 12.3. The van der Waals surface area contributed by atoms with Crippen LogP contribution in [0.3, 0.4) is 0 Å². The van der Waals surface area contributed by atoms with Crippen LogP contribution in [0.25, 0.3) is 0 Å². The second kappa shape index (κ2) is 10.9. The fourth-order valence-corrected chi connectivity index (χ4v) is 4.74. The Morgan fingerprint density at radius 2 is 1.72 bits per heavy atom. The van der Waals surface area contributed by atoms with Gasteiger partial charge < -0.3 is 5.32 Å². The lowest BCUT2D eigenvalue weighted by molar-refractivity contribution is -0.119. The van der Waals surface area contributed by atoms with E-state index in [1.54, 1.807) is 23.9 Å². The summed E-state index contributed by atoms with van der Waals surface area (Å²) in [7, 11) is -3.56. The summed E-state index contributed by atoms with van der Waals surface area (Å²) in [5, 5.41) is 3.54. The van der Waals surface area contributed by atoms with E-state index in [2.05, 4.69) is 5.32 Å². The Hall–Kier alpha value is -1.70. The Kier molecular flexibility index (Phi) is 8.86. The third-order valence-corrected chi connectivity index (χ3v) is 6.66. The molecule has 0 radical (unpaired) electrons. The summed E-state index contributed by atoms with van der Waals surface area (Å²) in [6, 6.07) is 13.3. The number of benzene rings is 2. The van der Waals surface area contributed by atoms with Crippen molar-refractivity contribution in [1.29, 1.82) is 0 Å². The maximum atomic E-state index is 12.3. The topological polar surface area (TPSA) is 66.5 Å². The molecule has 0 fully saturated rings. The van der Waals surface area contributed by atoms with Crippen LogP contribution in [0.5, 0.6) is 0 Å². The summed E-state index contributed by atoms with van der Waals surface area (Å²) in [6.45, 7) is 4.09. The molecule has 1 amide bonds. The molecule has 29 heavy (non-hydrogen) atoms. The van der Waals surface area contributed by atoms with Gasteiger partial charge in [-0.3, -0.25) is 9.10 Å². The number of sulfonamides is 1.